The molecule has 0 aliphatic heterocycles. The van der Waals surface area contributed by atoms with Crippen molar-refractivity contribution in [1.82, 2.24) is 15.1 Å². The third-order valence-corrected chi connectivity index (χ3v) is 3.44. The van der Waals surface area contributed by atoms with Crippen LogP contribution in [-0.4, -0.2) is 30.4 Å². The van der Waals surface area contributed by atoms with E-state index < -0.39 is 0 Å². The molecule has 4 nitrogen and oxygen atoms in total. The van der Waals surface area contributed by atoms with E-state index in [0.717, 1.165) is 13.0 Å². The van der Waals surface area contributed by atoms with Crippen LogP contribution in [0.25, 0.3) is 0 Å². The Morgan fingerprint density at radius 1 is 1.35 bits per heavy atom. The van der Waals surface area contributed by atoms with Crippen molar-refractivity contribution in [2.45, 2.75) is 19.4 Å². The fourth-order valence-electron chi connectivity index (χ4n) is 2.39. The van der Waals surface area contributed by atoms with E-state index in [-0.39, 0.29) is 0 Å². The fraction of sp³-hybridized carbons (Fsp3) is 0.438. The number of hydrogen-bond donors (Lipinski definition) is 1. The third kappa shape index (κ3) is 3.61. The molecule has 4 heteroatoms. The van der Waals surface area contributed by atoms with Crippen LogP contribution in [0, 0.1) is 0 Å². The lowest BCUT2D eigenvalue weighted by Gasteiger charge is -2.20. The Hall–Kier alpha value is -1.81. The Kier molecular flexibility index (Phi) is 4.79. The first kappa shape index (κ1) is 14.6. The summed E-state index contributed by atoms with van der Waals surface area (Å²) in [6, 6.07) is 9.03. The van der Waals surface area contributed by atoms with Gasteiger partial charge in [-0.2, -0.15) is 5.10 Å². The normalized spacial score (nSPS) is 12.4. The van der Waals surface area contributed by atoms with Gasteiger partial charge < -0.3 is 10.2 Å². The maximum absolute atomic E-state index is 4.25. The topological polar surface area (TPSA) is 33.1 Å². The van der Waals surface area contributed by atoms with Gasteiger partial charge in [-0.1, -0.05) is 19.1 Å². The molecule has 0 saturated carbocycles. The molecular formula is C16H24N4. The molecule has 1 atom stereocenters. The molecule has 2 aromatic rings. The Morgan fingerprint density at radius 3 is 2.75 bits per heavy atom. The van der Waals surface area contributed by atoms with Crippen LogP contribution in [0.15, 0.2) is 36.7 Å². The summed E-state index contributed by atoms with van der Waals surface area (Å²) in [4.78, 5) is 2.14. The van der Waals surface area contributed by atoms with E-state index in [1.165, 1.54) is 16.8 Å². The highest BCUT2D eigenvalue weighted by molar-refractivity contribution is 5.48. The van der Waals surface area contributed by atoms with Crippen LogP contribution in [-0.2, 0) is 13.5 Å². The molecule has 1 unspecified atom stereocenters. The highest BCUT2D eigenvalue weighted by atomic mass is 15.2. The molecule has 2 rings (SSSR count). The van der Waals surface area contributed by atoms with E-state index >= 15 is 0 Å². The van der Waals surface area contributed by atoms with Crippen LogP contribution >= 0.6 is 0 Å². The molecule has 108 valence electrons. The van der Waals surface area contributed by atoms with Crippen molar-refractivity contribution >= 4 is 5.69 Å². The predicted molar refractivity (Wildman–Crippen MR) is 84.1 cm³/mol. The van der Waals surface area contributed by atoms with Crippen molar-refractivity contribution in [3.63, 3.8) is 0 Å². The summed E-state index contributed by atoms with van der Waals surface area (Å²) in [5, 5.41) is 7.82. The van der Waals surface area contributed by atoms with Crippen LogP contribution in [0.4, 0.5) is 5.69 Å². The minimum Gasteiger partial charge on any atom is -0.378 e. The van der Waals surface area contributed by atoms with Crippen molar-refractivity contribution in [3.8, 4) is 0 Å². The van der Waals surface area contributed by atoms with Gasteiger partial charge in [0.1, 0.15) is 0 Å². The summed E-state index contributed by atoms with van der Waals surface area (Å²) in [6.07, 6.45) is 4.98. The smallest absolute Gasteiger partial charge is 0.0522 e. The second-order valence-corrected chi connectivity index (χ2v) is 5.33. The Balaban J connectivity index is 2.21. The first-order valence-electron chi connectivity index (χ1n) is 7.08. The van der Waals surface area contributed by atoms with Crippen LogP contribution in [0.1, 0.15) is 24.1 Å². The van der Waals surface area contributed by atoms with Crippen molar-refractivity contribution in [3.05, 3.63) is 47.8 Å². The molecular weight excluding hydrogens is 248 g/mol. The molecule has 0 spiro atoms. The molecule has 0 radical (unpaired) electrons. The van der Waals surface area contributed by atoms with Crippen molar-refractivity contribution in [1.29, 1.82) is 0 Å². The van der Waals surface area contributed by atoms with E-state index in [4.69, 9.17) is 0 Å². The molecule has 0 saturated heterocycles. The summed E-state index contributed by atoms with van der Waals surface area (Å²) < 4.78 is 1.86. The average Bonchev–Trinajstić information content (AvgIpc) is 2.84. The number of aryl methyl sites for hydroxylation is 1. The van der Waals surface area contributed by atoms with Crippen molar-refractivity contribution < 1.29 is 0 Å². The summed E-state index contributed by atoms with van der Waals surface area (Å²) in [5.74, 6) is 0. The first-order chi connectivity index (χ1) is 9.60. The standard InChI is InChI=1S/C16H24N4/c1-5-17-16(9-13-11-18-20(4)12-13)14-7-6-8-15(10-14)19(2)3/h6-8,10-12,16-17H,5,9H2,1-4H3. The minimum atomic E-state index is 0.323. The van der Waals surface area contributed by atoms with Gasteiger partial charge in [-0.15, -0.1) is 0 Å². The van der Waals surface area contributed by atoms with Crippen molar-refractivity contribution in [2.75, 3.05) is 25.5 Å². The quantitative estimate of drug-likeness (QED) is 0.876. The van der Waals surface area contributed by atoms with E-state index in [2.05, 4.69) is 66.8 Å². The lowest BCUT2D eigenvalue weighted by molar-refractivity contribution is 0.549. The number of aromatic nitrogens is 2. The van der Waals surface area contributed by atoms with Gasteiger partial charge in [0.05, 0.1) is 6.20 Å². The second kappa shape index (κ2) is 6.57. The van der Waals surface area contributed by atoms with Gasteiger partial charge in [-0.3, -0.25) is 4.68 Å². The Bertz CT molecular complexity index is 545. The third-order valence-electron chi connectivity index (χ3n) is 3.44. The number of nitrogens with one attached hydrogen (secondary N) is 1. The van der Waals surface area contributed by atoms with E-state index in [9.17, 15) is 0 Å². The summed E-state index contributed by atoms with van der Waals surface area (Å²) in [6.45, 7) is 3.10. The Labute approximate surface area is 121 Å². The molecule has 0 aliphatic rings. The van der Waals surface area contributed by atoms with E-state index in [1.807, 2.05) is 17.9 Å². The van der Waals surface area contributed by atoms with Gasteiger partial charge in [0.2, 0.25) is 0 Å². The highest BCUT2D eigenvalue weighted by Crippen LogP contribution is 2.22. The SMILES string of the molecule is CCNC(Cc1cnn(C)c1)c1cccc(N(C)C)c1. The minimum absolute atomic E-state index is 0.323. The molecule has 1 heterocycles. The van der Waals surface area contributed by atoms with E-state index in [0.29, 0.717) is 6.04 Å². The fourth-order valence-corrected chi connectivity index (χ4v) is 2.39. The van der Waals surface area contributed by atoms with Crippen molar-refractivity contribution in [2.24, 2.45) is 7.05 Å². The number of hydrogen-bond acceptors (Lipinski definition) is 3. The highest BCUT2D eigenvalue weighted by Gasteiger charge is 2.13. The largest absolute Gasteiger partial charge is 0.378 e. The molecule has 1 aromatic carbocycles. The molecule has 0 amide bonds. The molecule has 0 bridgehead atoms. The molecule has 20 heavy (non-hydrogen) atoms. The summed E-state index contributed by atoms with van der Waals surface area (Å²) in [7, 11) is 6.10. The molecule has 1 aromatic heterocycles. The summed E-state index contributed by atoms with van der Waals surface area (Å²) >= 11 is 0. The van der Waals surface area contributed by atoms with Gasteiger partial charge in [-0.05, 0) is 36.2 Å². The lowest BCUT2D eigenvalue weighted by atomic mass is 10.00. The Morgan fingerprint density at radius 2 is 2.15 bits per heavy atom. The number of benzene rings is 1. The number of anilines is 1. The number of nitrogens with zero attached hydrogens (tertiary/aromatic N) is 3. The van der Waals surface area contributed by atoms with Crippen LogP contribution in [0.3, 0.4) is 0 Å². The first-order valence-corrected chi connectivity index (χ1v) is 7.08. The van der Waals surface area contributed by atoms with Gasteiger partial charge >= 0.3 is 0 Å². The number of likely N-dealkylation sites (N-methyl/N-ethyl adjacent to an activating group) is 1. The maximum atomic E-state index is 4.25. The number of rotatable bonds is 6. The van der Waals surface area contributed by atoms with Gasteiger partial charge in [0, 0.05) is 39.1 Å². The molecule has 0 aliphatic carbocycles. The van der Waals surface area contributed by atoms with E-state index in [1.54, 1.807) is 0 Å². The van der Waals surface area contributed by atoms with Gasteiger partial charge in [0.25, 0.3) is 0 Å². The van der Waals surface area contributed by atoms with Crippen LogP contribution < -0.4 is 10.2 Å². The van der Waals surface area contributed by atoms with Gasteiger partial charge in [-0.25, -0.2) is 0 Å². The zero-order valence-electron chi connectivity index (χ0n) is 12.8. The van der Waals surface area contributed by atoms with Crippen LogP contribution in [0.5, 0.6) is 0 Å². The average molecular weight is 272 g/mol. The van der Waals surface area contributed by atoms with Gasteiger partial charge in [0.15, 0.2) is 0 Å². The lowest BCUT2D eigenvalue weighted by Crippen LogP contribution is -2.23. The zero-order valence-corrected chi connectivity index (χ0v) is 12.8. The molecule has 1 N–H and O–H groups in total. The molecule has 0 fully saturated rings. The summed E-state index contributed by atoms with van der Waals surface area (Å²) in [5.41, 5.74) is 3.81. The zero-order chi connectivity index (χ0) is 14.5. The second-order valence-electron chi connectivity index (χ2n) is 5.33. The van der Waals surface area contributed by atoms with Crippen LogP contribution in [0.2, 0.25) is 0 Å². The maximum Gasteiger partial charge on any atom is 0.0522 e. The predicted octanol–water partition coefficient (Wildman–Crippen LogP) is 2.38. The monoisotopic (exact) mass is 272 g/mol.